The molecule has 22 heavy (non-hydrogen) atoms. The van der Waals surface area contributed by atoms with Gasteiger partial charge < -0.3 is 4.98 Å². The van der Waals surface area contributed by atoms with Gasteiger partial charge in [-0.1, -0.05) is 70.4 Å². The first-order valence-electron chi connectivity index (χ1n) is 8.91. The lowest BCUT2D eigenvalue weighted by molar-refractivity contribution is 0.573. The number of rotatable bonds is 12. The van der Waals surface area contributed by atoms with Gasteiger partial charge in [-0.3, -0.25) is 0 Å². The number of H-pyrrole nitrogens is 1. The van der Waals surface area contributed by atoms with Crippen molar-refractivity contribution in [2.45, 2.75) is 70.5 Å². The van der Waals surface area contributed by atoms with E-state index in [1.807, 2.05) is 17.8 Å². The van der Waals surface area contributed by atoms with Crippen LogP contribution in [0.5, 0.6) is 0 Å². The van der Waals surface area contributed by atoms with E-state index in [0.29, 0.717) is 0 Å². The summed E-state index contributed by atoms with van der Waals surface area (Å²) in [5.41, 5.74) is 2.24. The fourth-order valence-corrected chi connectivity index (χ4v) is 3.64. The Morgan fingerprint density at radius 3 is 2.32 bits per heavy atom. The summed E-state index contributed by atoms with van der Waals surface area (Å²) < 4.78 is 0. The largest absolute Gasteiger partial charge is 0.341 e. The third-order valence-corrected chi connectivity index (χ3v) is 5.12. The molecular weight excluding hydrogens is 288 g/mol. The molecule has 122 valence electrons. The number of aromatic nitrogens is 2. The van der Waals surface area contributed by atoms with E-state index in [0.717, 1.165) is 22.6 Å². The predicted molar refractivity (Wildman–Crippen MR) is 99.5 cm³/mol. The van der Waals surface area contributed by atoms with Crippen molar-refractivity contribution in [2.75, 3.05) is 5.75 Å². The second-order valence-electron chi connectivity index (χ2n) is 6.08. The van der Waals surface area contributed by atoms with E-state index in [2.05, 4.69) is 35.1 Å². The number of fused-ring (bicyclic) bond motifs is 1. The summed E-state index contributed by atoms with van der Waals surface area (Å²) in [4.78, 5) is 8.02. The van der Waals surface area contributed by atoms with Crippen molar-refractivity contribution < 1.29 is 0 Å². The van der Waals surface area contributed by atoms with Gasteiger partial charge in [-0.15, -0.1) is 0 Å². The normalized spacial score (nSPS) is 11.3. The Hall–Kier alpha value is -0.960. The summed E-state index contributed by atoms with van der Waals surface area (Å²) in [5.74, 6) is 3.38. The zero-order valence-corrected chi connectivity index (χ0v) is 14.8. The number of unbranched alkanes of at least 4 members (excludes halogenated alkanes) is 8. The van der Waals surface area contributed by atoms with E-state index < -0.39 is 0 Å². The van der Waals surface area contributed by atoms with E-state index in [1.165, 1.54) is 63.5 Å². The van der Waals surface area contributed by atoms with Crippen LogP contribution in [0.25, 0.3) is 11.0 Å². The number of imidazole rings is 1. The van der Waals surface area contributed by atoms with Crippen molar-refractivity contribution >= 4 is 22.8 Å². The Labute approximate surface area is 139 Å². The second kappa shape index (κ2) is 10.7. The van der Waals surface area contributed by atoms with Crippen LogP contribution in [-0.2, 0) is 5.75 Å². The second-order valence-corrected chi connectivity index (χ2v) is 7.19. The smallest absolute Gasteiger partial charge is 0.117 e. The monoisotopic (exact) mass is 318 g/mol. The minimum atomic E-state index is 1.01. The lowest BCUT2D eigenvalue weighted by Gasteiger charge is -2.02. The van der Waals surface area contributed by atoms with E-state index >= 15 is 0 Å². The van der Waals surface area contributed by atoms with Crippen LogP contribution in [0, 0.1) is 0 Å². The Morgan fingerprint density at radius 2 is 1.59 bits per heavy atom. The molecule has 1 aromatic carbocycles. The quantitative estimate of drug-likeness (QED) is 0.463. The molecule has 0 saturated carbocycles. The first-order chi connectivity index (χ1) is 10.9. The molecule has 0 amide bonds. The number of benzene rings is 1. The van der Waals surface area contributed by atoms with E-state index in [-0.39, 0.29) is 0 Å². The van der Waals surface area contributed by atoms with Gasteiger partial charge in [-0.25, -0.2) is 4.98 Å². The number of para-hydroxylation sites is 2. The molecule has 1 heterocycles. The van der Waals surface area contributed by atoms with Crippen LogP contribution >= 0.6 is 11.8 Å². The molecule has 3 heteroatoms. The lowest BCUT2D eigenvalue weighted by Crippen LogP contribution is -1.87. The Balaban J connectivity index is 1.46. The highest BCUT2D eigenvalue weighted by Gasteiger charge is 2.01. The number of thioether (sulfide) groups is 1. The summed E-state index contributed by atoms with van der Waals surface area (Å²) in [6.07, 6.45) is 12.7. The van der Waals surface area contributed by atoms with Gasteiger partial charge in [-0.2, -0.15) is 11.8 Å². The highest BCUT2D eigenvalue weighted by Crippen LogP contribution is 2.17. The van der Waals surface area contributed by atoms with Gasteiger partial charge in [0.2, 0.25) is 0 Å². The first kappa shape index (κ1) is 17.4. The molecule has 0 saturated heterocycles. The van der Waals surface area contributed by atoms with Crippen molar-refractivity contribution in [3.63, 3.8) is 0 Å². The molecule has 0 unspecified atom stereocenters. The minimum Gasteiger partial charge on any atom is -0.341 e. The number of nitrogens with zero attached hydrogens (tertiary/aromatic N) is 1. The van der Waals surface area contributed by atoms with Gasteiger partial charge in [0.25, 0.3) is 0 Å². The molecule has 0 bridgehead atoms. The van der Waals surface area contributed by atoms with Crippen molar-refractivity contribution in [1.29, 1.82) is 0 Å². The van der Waals surface area contributed by atoms with Crippen LogP contribution in [0.4, 0.5) is 0 Å². The zero-order chi connectivity index (χ0) is 15.5. The molecule has 1 aromatic heterocycles. The van der Waals surface area contributed by atoms with Gasteiger partial charge in [-0.05, 0) is 24.3 Å². The Morgan fingerprint density at radius 1 is 0.909 bits per heavy atom. The van der Waals surface area contributed by atoms with Gasteiger partial charge in [0.15, 0.2) is 0 Å². The molecule has 0 radical (unpaired) electrons. The van der Waals surface area contributed by atoms with Crippen LogP contribution in [0.3, 0.4) is 0 Å². The molecule has 1 N–H and O–H groups in total. The fourth-order valence-electron chi connectivity index (χ4n) is 2.76. The third-order valence-electron chi connectivity index (χ3n) is 4.07. The SMILES string of the molecule is CCCCCCCCCCCSCc1nc2ccccc2[nH]1. The summed E-state index contributed by atoms with van der Waals surface area (Å²) >= 11 is 2.00. The standard InChI is InChI=1S/C19H30N2S/c1-2-3-4-5-6-7-8-9-12-15-22-16-19-20-17-13-10-11-14-18(17)21-19/h10-11,13-14H,2-9,12,15-16H2,1H3,(H,20,21). The van der Waals surface area contributed by atoms with Crippen molar-refractivity contribution in [3.8, 4) is 0 Å². The van der Waals surface area contributed by atoms with Crippen LogP contribution in [0.1, 0.15) is 70.5 Å². The molecule has 0 spiro atoms. The zero-order valence-electron chi connectivity index (χ0n) is 13.9. The molecule has 0 aliphatic rings. The van der Waals surface area contributed by atoms with E-state index in [1.54, 1.807) is 0 Å². The van der Waals surface area contributed by atoms with E-state index in [4.69, 9.17) is 0 Å². The highest BCUT2D eigenvalue weighted by atomic mass is 32.2. The third kappa shape index (κ3) is 6.43. The molecular formula is C19H30N2S. The summed E-state index contributed by atoms with van der Waals surface area (Å²) in [5, 5.41) is 0. The average molecular weight is 319 g/mol. The van der Waals surface area contributed by atoms with Gasteiger partial charge in [0, 0.05) is 0 Å². The van der Waals surface area contributed by atoms with Crippen LogP contribution in [0.15, 0.2) is 24.3 Å². The Kier molecular flexibility index (Phi) is 8.47. The van der Waals surface area contributed by atoms with Crippen LogP contribution in [0.2, 0.25) is 0 Å². The molecule has 2 nitrogen and oxygen atoms in total. The number of aromatic amines is 1. The van der Waals surface area contributed by atoms with Crippen molar-refractivity contribution in [2.24, 2.45) is 0 Å². The highest BCUT2D eigenvalue weighted by molar-refractivity contribution is 7.98. The molecule has 2 rings (SSSR count). The molecule has 0 atom stereocenters. The molecule has 0 aliphatic carbocycles. The maximum Gasteiger partial charge on any atom is 0.117 e. The maximum atomic E-state index is 4.62. The summed E-state index contributed by atoms with van der Waals surface area (Å²) in [7, 11) is 0. The Bertz CT molecular complexity index is 488. The summed E-state index contributed by atoms with van der Waals surface area (Å²) in [6, 6.07) is 8.26. The van der Waals surface area contributed by atoms with E-state index in [9.17, 15) is 0 Å². The van der Waals surface area contributed by atoms with Gasteiger partial charge >= 0.3 is 0 Å². The lowest BCUT2D eigenvalue weighted by atomic mass is 10.1. The van der Waals surface area contributed by atoms with Gasteiger partial charge in [0.05, 0.1) is 16.8 Å². The topological polar surface area (TPSA) is 28.7 Å². The van der Waals surface area contributed by atoms with Crippen LogP contribution < -0.4 is 0 Å². The first-order valence-corrected chi connectivity index (χ1v) is 10.1. The van der Waals surface area contributed by atoms with Crippen LogP contribution in [-0.4, -0.2) is 15.7 Å². The average Bonchev–Trinajstić information content (AvgIpc) is 2.95. The van der Waals surface area contributed by atoms with Crippen molar-refractivity contribution in [3.05, 3.63) is 30.1 Å². The fraction of sp³-hybridized carbons (Fsp3) is 0.632. The van der Waals surface area contributed by atoms with Gasteiger partial charge in [0.1, 0.15) is 5.82 Å². The molecule has 0 aliphatic heterocycles. The molecule has 2 aromatic rings. The van der Waals surface area contributed by atoms with Crippen molar-refractivity contribution in [1.82, 2.24) is 9.97 Å². The summed E-state index contributed by atoms with van der Waals surface area (Å²) in [6.45, 7) is 2.28. The number of hydrogen-bond donors (Lipinski definition) is 1. The molecule has 0 fully saturated rings. The number of nitrogens with one attached hydrogen (secondary N) is 1. The predicted octanol–water partition coefficient (Wildman–Crippen LogP) is 6.33. The minimum absolute atomic E-state index is 1.01. The number of hydrogen-bond acceptors (Lipinski definition) is 2. The maximum absolute atomic E-state index is 4.62.